The monoisotopic (exact) mass is 288 g/mol. The smallest absolute Gasteiger partial charge is 0.119 e. The number of benzene rings is 1. The Morgan fingerprint density at radius 1 is 1.46 bits per heavy atom. The highest BCUT2D eigenvalue weighted by Gasteiger charge is 2.21. The first kappa shape index (κ1) is 9.31. The molecule has 0 N–H and O–H groups in total. The molecule has 0 aromatic heterocycles. The average Bonchev–Trinajstić information content (AvgIpc) is 2.91. The molecule has 1 aromatic rings. The molecule has 1 nitrogen and oxygen atoms in total. The highest BCUT2D eigenvalue weighted by molar-refractivity contribution is 14.1. The van der Waals surface area contributed by atoms with Gasteiger partial charge in [-0.15, -0.1) is 0 Å². The zero-order chi connectivity index (χ0) is 9.26. The maximum atomic E-state index is 5.66. The summed E-state index contributed by atoms with van der Waals surface area (Å²) in [6.07, 6.45) is 2.70. The maximum Gasteiger partial charge on any atom is 0.119 e. The van der Waals surface area contributed by atoms with Crippen LogP contribution in [0.15, 0.2) is 18.2 Å². The molecule has 2 rings (SSSR count). The molecule has 0 saturated heterocycles. The van der Waals surface area contributed by atoms with Crippen molar-refractivity contribution in [2.45, 2.75) is 19.8 Å². The third kappa shape index (κ3) is 2.59. The molecule has 0 unspecified atom stereocenters. The van der Waals surface area contributed by atoms with Crippen molar-refractivity contribution >= 4 is 22.6 Å². The van der Waals surface area contributed by atoms with Gasteiger partial charge in [-0.2, -0.15) is 0 Å². The van der Waals surface area contributed by atoms with E-state index in [1.54, 1.807) is 0 Å². The van der Waals surface area contributed by atoms with E-state index < -0.39 is 0 Å². The number of aryl methyl sites for hydroxylation is 1. The van der Waals surface area contributed by atoms with Gasteiger partial charge in [0.2, 0.25) is 0 Å². The molecule has 0 aliphatic heterocycles. The fourth-order valence-electron chi connectivity index (χ4n) is 1.21. The van der Waals surface area contributed by atoms with Gasteiger partial charge in [0.1, 0.15) is 5.75 Å². The van der Waals surface area contributed by atoms with Gasteiger partial charge in [0.05, 0.1) is 6.61 Å². The summed E-state index contributed by atoms with van der Waals surface area (Å²) in [4.78, 5) is 0. The third-order valence-electron chi connectivity index (χ3n) is 2.31. The molecule has 1 aliphatic carbocycles. The van der Waals surface area contributed by atoms with E-state index in [0.29, 0.717) is 0 Å². The van der Waals surface area contributed by atoms with Gasteiger partial charge in [0.15, 0.2) is 0 Å². The fraction of sp³-hybridized carbons (Fsp3) is 0.455. The van der Waals surface area contributed by atoms with Crippen LogP contribution in [0, 0.1) is 16.4 Å². The molecule has 1 aliphatic rings. The maximum absolute atomic E-state index is 5.66. The van der Waals surface area contributed by atoms with Gasteiger partial charge in [-0.05, 0) is 72.0 Å². The lowest BCUT2D eigenvalue weighted by Crippen LogP contribution is -1.99. The summed E-state index contributed by atoms with van der Waals surface area (Å²) in [6.45, 7) is 3.02. The van der Waals surface area contributed by atoms with E-state index in [2.05, 4.69) is 47.7 Å². The Balaban J connectivity index is 1.98. The molecule has 0 atom stereocenters. The summed E-state index contributed by atoms with van der Waals surface area (Å²) >= 11 is 2.34. The van der Waals surface area contributed by atoms with E-state index in [-0.39, 0.29) is 0 Å². The van der Waals surface area contributed by atoms with Gasteiger partial charge in [-0.3, -0.25) is 0 Å². The van der Waals surface area contributed by atoms with Crippen molar-refractivity contribution in [3.63, 3.8) is 0 Å². The van der Waals surface area contributed by atoms with E-state index in [1.807, 2.05) is 0 Å². The molecule has 1 fully saturated rings. The molecule has 0 heterocycles. The minimum Gasteiger partial charge on any atom is -0.493 e. The van der Waals surface area contributed by atoms with Crippen molar-refractivity contribution in [2.75, 3.05) is 6.61 Å². The topological polar surface area (TPSA) is 9.23 Å². The van der Waals surface area contributed by atoms with Gasteiger partial charge in [-0.25, -0.2) is 0 Å². The quantitative estimate of drug-likeness (QED) is 0.775. The Morgan fingerprint density at radius 3 is 2.85 bits per heavy atom. The summed E-state index contributed by atoms with van der Waals surface area (Å²) in [5.41, 5.74) is 1.30. The van der Waals surface area contributed by atoms with Crippen LogP contribution in [0.2, 0.25) is 0 Å². The highest BCUT2D eigenvalue weighted by Crippen LogP contribution is 2.29. The van der Waals surface area contributed by atoms with Gasteiger partial charge in [0, 0.05) is 3.57 Å². The number of halogens is 1. The van der Waals surface area contributed by atoms with Crippen LogP contribution in [0.3, 0.4) is 0 Å². The molecule has 0 amide bonds. The van der Waals surface area contributed by atoms with Gasteiger partial charge in [-0.1, -0.05) is 0 Å². The van der Waals surface area contributed by atoms with E-state index in [9.17, 15) is 0 Å². The molecule has 0 spiro atoms. The summed E-state index contributed by atoms with van der Waals surface area (Å²) in [7, 11) is 0. The molecule has 0 radical (unpaired) electrons. The summed E-state index contributed by atoms with van der Waals surface area (Å²) in [6, 6.07) is 6.28. The Kier molecular flexibility index (Phi) is 2.77. The van der Waals surface area contributed by atoms with Crippen molar-refractivity contribution in [3.8, 4) is 5.75 Å². The van der Waals surface area contributed by atoms with Crippen LogP contribution in [-0.4, -0.2) is 6.61 Å². The first-order valence-corrected chi connectivity index (χ1v) is 5.72. The fourth-order valence-corrected chi connectivity index (χ4v) is 1.54. The average molecular weight is 288 g/mol. The molecule has 70 valence electrons. The van der Waals surface area contributed by atoms with Crippen molar-refractivity contribution in [3.05, 3.63) is 27.3 Å². The van der Waals surface area contributed by atoms with Crippen LogP contribution >= 0.6 is 22.6 Å². The largest absolute Gasteiger partial charge is 0.493 e. The second kappa shape index (κ2) is 3.86. The Hall–Kier alpha value is -0.250. The lowest BCUT2D eigenvalue weighted by Gasteiger charge is -2.06. The second-order valence-corrected chi connectivity index (χ2v) is 4.83. The molecule has 0 bridgehead atoms. The number of ether oxygens (including phenoxy) is 1. The predicted octanol–water partition coefficient (Wildman–Crippen LogP) is 3.39. The van der Waals surface area contributed by atoms with Crippen LogP contribution < -0.4 is 4.74 Å². The summed E-state index contributed by atoms with van der Waals surface area (Å²) in [5.74, 6) is 1.85. The van der Waals surface area contributed by atoms with Crippen LogP contribution in [0.1, 0.15) is 18.4 Å². The first-order valence-electron chi connectivity index (χ1n) is 4.64. The van der Waals surface area contributed by atoms with E-state index in [1.165, 1.54) is 22.0 Å². The van der Waals surface area contributed by atoms with Crippen molar-refractivity contribution in [1.82, 2.24) is 0 Å². The molecule has 13 heavy (non-hydrogen) atoms. The molecule has 1 aromatic carbocycles. The van der Waals surface area contributed by atoms with Gasteiger partial charge >= 0.3 is 0 Å². The SMILES string of the molecule is Cc1cc(OCC2CC2)ccc1I. The minimum atomic E-state index is 0.833. The normalized spacial score (nSPS) is 15.8. The van der Waals surface area contributed by atoms with Crippen LogP contribution in [0.5, 0.6) is 5.75 Å². The lowest BCUT2D eigenvalue weighted by atomic mass is 10.2. The predicted molar refractivity (Wildman–Crippen MR) is 62.1 cm³/mol. The van der Waals surface area contributed by atoms with Crippen molar-refractivity contribution in [1.29, 1.82) is 0 Å². The van der Waals surface area contributed by atoms with Crippen molar-refractivity contribution in [2.24, 2.45) is 5.92 Å². The zero-order valence-corrected chi connectivity index (χ0v) is 9.87. The van der Waals surface area contributed by atoms with Gasteiger partial charge < -0.3 is 4.74 Å². The number of rotatable bonds is 3. The molecule has 1 saturated carbocycles. The molecular formula is C11H13IO. The third-order valence-corrected chi connectivity index (χ3v) is 3.52. The minimum absolute atomic E-state index is 0.833. The number of hydrogen-bond acceptors (Lipinski definition) is 1. The lowest BCUT2D eigenvalue weighted by molar-refractivity contribution is 0.299. The Morgan fingerprint density at radius 2 is 2.23 bits per heavy atom. The Labute approximate surface area is 92.6 Å². The standard InChI is InChI=1S/C11H13IO/c1-8-6-10(4-5-11(8)12)13-7-9-2-3-9/h4-6,9H,2-3,7H2,1H3. The second-order valence-electron chi connectivity index (χ2n) is 3.67. The van der Waals surface area contributed by atoms with Crippen LogP contribution in [-0.2, 0) is 0 Å². The molecule has 2 heteroatoms. The van der Waals surface area contributed by atoms with Gasteiger partial charge in [0.25, 0.3) is 0 Å². The van der Waals surface area contributed by atoms with Crippen LogP contribution in [0.25, 0.3) is 0 Å². The summed E-state index contributed by atoms with van der Waals surface area (Å²) < 4.78 is 6.96. The van der Waals surface area contributed by atoms with Crippen molar-refractivity contribution < 1.29 is 4.74 Å². The zero-order valence-electron chi connectivity index (χ0n) is 7.72. The van der Waals surface area contributed by atoms with E-state index in [4.69, 9.17) is 4.74 Å². The Bertz CT molecular complexity index is 305. The van der Waals surface area contributed by atoms with Crippen LogP contribution in [0.4, 0.5) is 0 Å². The summed E-state index contributed by atoms with van der Waals surface area (Å²) in [5, 5.41) is 0. The first-order chi connectivity index (χ1) is 6.25. The number of hydrogen-bond donors (Lipinski definition) is 0. The van der Waals surface area contributed by atoms with E-state index in [0.717, 1.165) is 18.3 Å². The van der Waals surface area contributed by atoms with E-state index >= 15 is 0 Å². The highest BCUT2D eigenvalue weighted by atomic mass is 127. The molecular weight excluding hydrogens is 275 g/mol.